The number of amides is 1. The number of anilines is 2. The van der Waals surface area contributed by atoms with Crippen LogP contribution in [0.15, 0.2) is 60.7 Å². The molecule has 1 unspecified atom stereocenters. The van der Waals surface area contributed by atoms with Crippen molar-refractivity contribution >= 4 is 38.3 Å². The molecule has 1 aliphatic rings. The van der Waals surface area contributed by atoms with Crippen LogP contribution in [0.2, 0.25) is 0 Å². The number of fused-ring (bicyclic) bond motifs is 2. The lowest BCUT2D eigenvalue weighted by Gasteiger charge is -2.25. The van der Waals surface area contributed by atoms with Crippen LogP contribution in [0.5, 0.6) is 5.75 Å². The normalized spacial score (nSPS) is 15.2. The Morgan fingerprint density at radius 1 is 1.06 bits per heavy atom. The molecule has 1 aromatic heterocycles. The molecule has 32 heavy (non-hydrogen) atoms. The highest BCUT2D eigenvalue weighted by Gasteiger charge is 2.22. The highest BCUT2D eigenvalue weighted by Crippen LogP contribution is 2.34. The van der Waals surface area contributed by atoms with Crippen molar-refractivity contribution in [3.05, 3.63) is 77.4 Å². The maximum atomic E-state index is 13.2. The van der Waals surface area contributed by atoms with Crippen molar-refractivity contribution in [1.82, 2.24) is 10.2 Å². The molecule has 6 nitrogen and oxygen atoms in total. The Labute approximate surface area is 190 Å². The standard InChI is InChI=1S/C25H24N4O2S/c1-2-31-21-15-14-17-9-4-6-12-19(17)22(21)23(30)27-25-29-28-24(32-25)26-20-13-7-10-16-8-3-5-11-18(16)20/h3-6,8-9,11-12,14-15,20H,2,7,10,13H2,1H3,(H,26,28)(H,27,29,30). The monoisotopic (exact) mass is 444 g/mol. The Morgan fingerprint density at radius 3 is 2.78 bits per heavy atom. The van der Waals surface area contributed by atoms with Gasteiger partial charge in [-0.3, -0.25) is 10.1 Å². The summed E-state index contributed by atoms with van der Waals surface area (Å²) >= 11 is 1.34. The lowest BCUT2D eigenvalue weighted by atomic mass is 9.88. The molecule has 0 fully saturated rings. The zero-order chi connectivity index (χ0) is 21.9. The molecule has 4 aromatic rings. The fourth-order valence-corrected chi connectivity index (χ4v) is 5.00. The number of carbonyl (C=O) groups is 1. The van der Waals surface area contributed by atoms with E-state index in [2.05, 4.69) is 45.1 Å². The number of ether oxygens (including phenoxy) is 1. The summed E-state index contributed by atoms with van der Waals surface area (Å²) < 4.78 is 5.74. The Balaban J connectivity index is 1.37. The molecule has 1 heterocycles. The molecule has 1 amide bonds. The van der Waals surface area contributed by atoms with Crippen molar-refractivity contribution in [2.24, 2.45) is 0 Å². The van der Waals surface area contributed by atoms with Gasteiger partial charge >= 0.3 is 0 Å². The van der Waals surface area contributed by atoms with Crippen molar-refractivity contribution in [2.75, 3.05) is 17.2 Å². The molecule has 0 bridgehead atoms. The van der Waals surface area contributed by atoms with E-state index in [0.717, 1.165) is 30.0 Å². The van der Waals surface area contributed by atoms with E-state index in [4.69, 9.17) is 4.74 Å². The van der Waals surface area contributed by atoms with E-state index in [9.17, 15) is 4.79 Å². The first-order valence-corrected chi connectivity index (χ1v) is 11.7. The third-order valence-electron chi connectivity index (χ3n) is 5.73. The van der Waals surface area contributed by atoms with Gasteiger partial charge < -0.3 is 10.1 Å². The summed E-state index contributed by atoms with van der Waals surface area (Å²) in [5, 5.41) is 17.8. The zero-order valence-electron chi connectivity index (χ0n) is 17.8. The van der Waals surface area contributed by atoms with Gasteiger partial charge in [0.05, 0.1) is 18.2 Å². The summed E-state index contributed by atoms with van der Waals surface area (Å²) in [6.45, 7) is 2.39. The maximum absolute atomic E-state index is 13.2. The molecule has 0 saturated carbocycles. The Bertz CT molecular complexity index is 1270. The lowest BCUT2D eigenvalue weighted by molar-refractivity contribution is 0.102. The van der Waals surface area contributed by atoms with Gasteiger partial charge in [0.2, 0.25) is 10.3 Å². The number of nitrogens with zero attached hydrogens (tertiary/aromatic N) is 2. The first-order valence-electron chi connectivity index (χ1n) is 10.9. The van der Waals surface area contributed by atoms with Crippen LogP contribution in [0.25, 0.3) is 10.8 Å². The Kier molecular flexibility index (Phi) is 5.73. The fraction of sp³-hybridized carbons (Fsp3) is 0.240. The van der Waals surface area contributed by atoms with Crippen LogP contribution in [-0.2, 0) is 6.42 Å². The van der Waals surface area contributed by atoms with E-state index in [1.165, 1.54) is 22.5 Å². The molecule has 0 radical (unpaired) electrons. The van der Waals surface area contributed by atoms with Crippen molar-refractivity contribution < 1.29 is 9.53 Å². The number of hydrogen-bond acceptors (Lipinski definition) is 6. The third kappa shape index (κ3) is 4.03. The molecule has 2 N–H and O–H groups in total. The van der Waals surface area contributed by atoms with Gasteiger partial charge in [0.15, 0.2) is 0 Å². The van der Waals surface area contributed by atoms with Crippen LogP contribution in [0.3, 0.4) is 0 Å². The van der Waals surface area contributed by atoms with Gasteiger partial charge in [0.1, 0.15) is 5.75 Å². The van der Waals surface area contributed by atoms with Gasteiger partial charge in [-0.2, -0.15) is 0 Å². The second-order valence-corrected chi connectivity index (χ2v) is 8.72. The number of rotatable bonds is 6. The van der Waals surface area contributed by atoms with Crippen molar-refractivity contribution in [3.8, 4) is 5.75 Å². The van der Waals surface area contributed by atoms with E-state index >= 15 is 0 Å². The summed E-state index contributed by atoms with van der Waals surface area (Å²) in [5.74, 6) is 0.307. The summed E-state index contributed by atoms with van der Waals surface area (Å²) in [7, 11) is 0. The molecular weight excluding hydrogens is 420 g/mol. The molecule has 1 atom stereocenters. The number of nitrogens with one attached hydrogen (secondary N) is 2. The smallest absolute Gasteiger partial charge is 0.261 e. The van der Waals surface area contributed by atoms with E-state index in [-0.39, 0.29) is 11.9 Å². The summed E-state index contributed by atoms with van der Waals surface area (Å²) in [5.41, 5.74) is 3.21. The SMILES string of the molecule is CCOc1ccc2ccccc2c1C(=O)Nc1nnc(NC2CCCc3ccccc32)s1. The van der Waals surface area contributed by atoms with Crippen LogP contribution in [0, 0.1) is 0 Å². The van der Waals surface area contributed by atoms with Crippen molar-refractivity contribution in [3.63, 3.8) is 0 Å². The second-order valence-electron chi connectivity index (χ2n) is 7.75. The first kappa shape index (κ1) is 20.5. The Hall–Kier alpha value is -3.45. The van der Waals surface area contributed by atoms with Gasteiger partial charge in [-0.25, -0.2) is 0 Å². The van der Waals surface area contributed by atoms with Crippen molar-refractivity contribution in [2.45, 2.75) is 32.2 Å². The fourth-order valence-electron chi connectivity index (χ4n) is 4.31. The highest BCUT2D eigenvalue weighted by atomic mass is 32.1. The average Bonchev–Trinajstić information content (AvgIpc) is 3.26. The van der Waals surface area contributed by atoms with Gasteiger partial charge in [-0.1, -0.05) is 65.9 Å². The summed E-state index contributed by atoms with van der Waals surface area (Å²) in [4.78, 5) is 13.2. The van der Waals surface area contributed by atoms with Crippen LogP contribution >= 0.6 is 11.3 Å². The van der Waals surface area contributed by atoms with E-state index < -0.39 is 0 Å². The molecule has 3 aromatic carbocycles. The van der Waals surface area contributed by atoms with E-state index in [0.29, 0.717) is 28.2 Å². The predicted octanol–water partition coefficient (Wildman–Crippen LogP) is 5.83. The van der Waals surface area contributed by atoms with Gasteiger partial charge in [0.25, 0.3) is 5.91 Å². The molecule has 0 saturated heterocycles. The largest absolute Gasteiger partial charge is 0.493 e. The molecule has 1 aliphatic carbocycles. The number of hydrogen-bond donors (Lipinski definition) is 2. The van der Waals surface area contributed by atoms with E-state index in [1.54, 1.807) is 0 Å². The second kappa shape index (κ2) is 8.96. The third-order valence-corrected chi connectivity index (χ3v) is 6.50. The molecule has 5 rings (SSSR count). The van der Waals surface area contributed by atoms with Crippen LogP contribution in [-0.4, -0.2) is 22.7 Å². The van der Waals surface area contributed by atoms with Gasteiger partial charge in [-0.05, 0) is 54.2 Å². The minimum atomic E-state index is -0.254. The van der Waals surface area contributed by atoms with E-state index in [1.807, 2.05) is 43.3 Å². The Morgan fingerprint density at radius 2 is 1.88 bits per heavy atom. The van der Waals surface area contributed by atoms with Gasteiger partial charge in [-0.15, -0.1) is 10.2 Å². The molecular formula is C25H24N4O2S. The molecule has 7 heteroatoms. The summed E-state index contributed by atoms with van der Waals surface area (Å²) in [6.07, 6.45) is 3.29. The van der Waals surface area contributed by atoms with Crippen LogP contribution in [0.4, 0.5) is 10.3 Å². The minimum Gasteiger partial charge on any atom is -0.493 e. The zero-order valence-corrected chi connectivity index (χ0v) is 18.6. The maximum Gasteiger partial charge on any atom is 0.261 e. The van der Waals surface area contributed by atoms with Gasteiger partial charge in [0, 0.05) is 0 Å². The average molecular weight is 445 g/mol. The number of aryl methyl sites for hydroxylation is 1. The van der Waals surface area contributed by atoms with Crippen LogP contribution in [0.1, 0.15) is 47.3 Å². The van der Waals surface area contributed by atoms with Crippen LogP contribution < -0.4 is 15.4 Å². The predicted molar refractivity (Wildman–Crippen MR) is 129 cm³/mol. The minimum absolute atomic E-state index is 0.207. The lowest BCUT2D eigenvalue weighted by Crippen LogP contribution is -2.17. The number of carbonyl (C=O) groups excluding carboxylic acids is 1. The quantitative estimate of drug-likeness (QED) is 0.391. The number of aromatic nitrogens is 2. The number of benzene rings is 3. The topological polar surface area (TPSA) is 76.1 Å². The van der Waals surface area contributed by atoms with Crippen molar-refractivity contribution in [1.29, 1.82) is 0 Å². The highest BCUT2D eigenvalue weighted by molar-refractivity contribution is 7.19. The molecule has 0 aliphatic heterocycles. The molecule has 162 valence electrons. The summed E-state index contributed by atoms with van der Waals surface area (Å²) in [6, 6.07) is 20.3. The first-order chi connectivity index (χ1) is 15.7. The molecule has 0 spiro atoms.